The lowest BCUT2D eigenvalue weighted by Crippen LogP contribution is -2.38. The number of aryl methyl sites for hydroxylation is 1. The number of urea groups is 1. The highest BCUT2D eigenvalue weighted by Gasteiger charge is 2.27. The van der Waals surface area contributed by atoms with Crippen molar-refractivity contribution in [2.75, 3.05) is 48.9 Å². The van der Waals surface area contributed by atoms with E-state index < -0.39 is 9.84 Å². The topological polar surface area (TPSA) is 93.5 Å². The van der Waals surface area contributed by atoms with Crippen molar-refractivity contribution in [3.05, 3.63) is 23.3 Å². The molecule has 0 bridgehead atoms. The Labute approximate surface area is 149 Å². The minimum Gasteiger partial charge on any atom is -0.377 e. The van der Waals surface area contributed by atoms with Crippen LogP contribution in [0.25, 0.3) is 0 Å². The van der Waals surface area contributed by atoms with Crippen molar-refractivity contribution in [1.82, 2.24) is 4.90 Å². The summed E-state index contributed by atoms with van der Waals surface area (Å²) in [7, 11) is 0.657. The molecule has 0 radical (unpaired) electrons. The first-order chi connectivity index (χ1) is 11.6. The third kappa shape index (κ3) is 4.63. The van der Waals surface area contributed by atoms with Crippen LogP contribution < -0.4 is 10.2 Å². The molecule has 0 aliphatic carbocycles. The fourth-order valence-electron chi connectivity index (χ4n) is 3.04. The highest BCUT2D eigenvalue weighted by atomic mass is 32.2. The van der Waals surface area contributed by atoms with Gasteiger partial charge in [0.05, 0.1) is 22.8 Å². The lowest BCUT2D eigenvalue weighted by atomic mass is 10.1. The smallest absolute Gasteiger partial charge is 0.321 e. The van der Waals surface area contributed by atoms with Gasteiger partial charge in [-0.25, -0.2) is 13.2 Å². The van der Waals surface area contributed by atoms with Gasteiger partial charge in [-0.1, -0.05) is 6.92 Å². The van der Waals surface area contributed by atoms with Crippen LogP contribution in [0.3, 0.4) is 0 Å². The quantitative estimate of drug-likeness (QED) is 0.864. The third-order valence-electron chi connectivity index (χ3n) is 4.21. The molecule has 1 aromatic rings. The summed E-state index contributed by atoms with van der Waals surface area (Å²) in [6, 6.07) is 5.23. The van der Waals surface area contributed by atoms with Gasteiger partial charge in [-0.3, -0.25) is 0 Å². The fourth-order valence-corrected chi connectivity index (χ4v) is 4.68. The molecule has 1 fully saturated rings. The first kappa shape index (κ1) is 19.1. The number of rotatable bonds is 2. The summed E-state index contributed by atoms with van der Waals surface area (Å²) < 4.78 is 23.7. The van der Waals surface area contributed by atoms with E-state index in [1.165, 1.54) is 4.90 Å². The molecule has 0 aromatic heterocycles. The molecule has 2 amide bonds. The van der Waals surface area contributed by atoms with E-state index in [1.807, 2.05) is 32.8 Å². The van der Waals surface area contributed by atoms with E-state index in [1.54, 1.807) is 12.1 Å². The molecule has 25 heavy (non-hydrogen) atoms. The van der Waals surface area contributed by atoms with E-state index in [0.29, 0.717) is 17.8 Å². The Hall–Kier alpha value is -2.27. The van der Waals surface area contributed by atoms with Crippen LogP contribution in [0.4, 0.5) is 16.2 Å². The normalized spacial score (nSPS) is 19.6. The Morgan fingerprint density at radius 1 is 1.40 bits per heavy atom. The van der Waals surface area contributed by atoms with E-state index in [9.17, 15) is 18.5 Å². The highest BCUT2D eigenvalue weighted by molar-refractivity contribution is 7.91. The minimum absolute atomic E-state index is 0.0333. The number of anilines is 2. The maximum Gasteiger partial charge on any atom is 0.321 e. The summed E-state index contributed by atoms with van der Waals surface area (Å²) in [5.41, 5.74) is 2.66. The van der Waals surface area contributed by atoms with Gasteiger partial charge < -0.3 is 15.1 Å². The minimum atomic E-state index is -3.12. The fraction of sp³-hybridized carbons (Fsp3) is 0.529. The Balaban J connectivity index is 2.23. The van der Waals surface area contributed by atoms with E-state index >= 15 is 0 Å². The molecule has 8 heteroatoms. The van der Waals surface area contributed by atoms with Crippen molar-refractivity contribution in [3.8, 4) is 6.07 Å². The number of amides is 2. The molecule has 1 aliphatic rings. The summed E-state index contributed by atoms with van der Waals surface area (Å²) in [5.74, 6) is -0.0581. The van der Waals surface area contributed by atoms with E-state index in [0.717, 1.165) is 11.3 Å². The van der Waals surface area contributed by atoms with Gasteiger partial charge in [-0.05, 0) is 30.5 Å². The molecule has 2 rings (SSSR count). The summed E-state index contributed by atoms with van der Waals surface area (Å²) in [6.07, 6.45) is 0. The molecule has 1 heterocycles. The molecule has 1 atom stereocenters. The number of nitrogens with one attached hydrogen (secondary N) is 1. The van der Waals surface area contributed by atoms with Crippen molar-refractivity contribution < 1.29 is 13.2 Å². The number of hydrogen-bond acceptors (Lipinski definition) is 5. The lowest BCUT2D eigenvalue weighted by molar-refractivity contribution is 0.210. The van der Waals surface area contributed by atoms with Gasteiger partial charge >= 0.3 is 6.03 Å². The van der Waals surface area contributed by atoms with Gasteiger partial charge in [0.25, 0.3) is 0 Å². The van der Waals surface area contributed by atoms with Crippen molar-refractivity contribution in [2.45, 2.75) is 13.8 Å². The summed E-state index contributed by atoms with van der Waals surface area (Å²) in [5, 5.41) is 12.1. The monoisotopic (exact) mass is 364 g/mol. The van der Waals surface area contributed by atoms with Crippen LogP contribution in [0, 0.1) is 24.2 Å². The van der Waals surface area contributed by atoms with Crippen LogP contribution in [-0.2, 0) is 9.84 Å². The maximum absolute atomic E-state index is 12.6. The number of nitriles is 1. The first-order valence-corrected chi connectivity index (χ1v) is 9.93. The summed E-state index contributed by atoms with van der Waals surface area (Å²) >= 11 is 0. The zero-order valence-corrected chi connectivity index (χ0v) is 15.9. The summed E-state index contributed by atoms with van der Waals surface area (Å²) in [6.45, 7) is 4.27. The number of carbonyl (C=O) groups is 1. The number of nitrogens with zero attached hydrogens (tertiary/aromatic N) is 3. The van der Waals surface area contributed by atoms with Gasteiger partial charge in [0.15, 0.2) is 9.84 Å². The van der Waals surface area contributed by atoms with Crippen LogP contribution in [0.5, 0.6) is 0 Å². The van der Waals surface area contributed by atoms with Crippen LogP contribution in [0.2, 0.25) is 0 Å². The average Bonchev–Trinajstić information content (AvgIpc) is 2.64. The van der Waals surface area contributed by atoms with Gasteiger partial charge in [0.2, 0.25) is 0 Å². The van der Waals surface area contributed by atoms with E-state index in [4.69, 9.17) is 0 Å². The van der Waals surface area contributed by atoms with Crippen molar-refractivity contribution in [3.63, 3.8) is 0 Å². The zero-order valence-electron chi connectivity index (χ0n) is 15.0. The third-order valence-corrected chi connectivity index (χ3v) is 6.09. The number of sulfone groups is 1. The van der Waals surface area contributed by atoms with Crippen LogP contribution >= 0.6 is 0 Å². The van der Waals surface area contributed by atoms with Gasteiger partial charge in [-0.15, -0.1) is 0 Å². The van der Waals surface area contributed by atoms with E-state index in [-0.39, 0.29) is 30.0 Å². The number of hydrogen-bond donors (Lipinski definition) is 1. The van der Waals surface area contributed by atoms with Crippen LogP contribution in [-0.4, -0.2) is 58.0 Å². The standard InChI is InChI=1S/C17H24N4O3S/c1-12-10-21(5-6-25(23,24)11-12)17(22)19-15-7-13(2)16(20(3)4)8-14(15)9-18/h7-8,12H,5-6,10-11H2,1-4H3,(H,19,22). The van der Waals surface area contributed by atoms with Crippen molar-refractivity contribution in [1.29, 1.82) is 5.26 Å². The number of benzene rings is 1. The highest BCUT2D eigenvalue weighted by Crippen LogP contribution is 2.26. The second-order valence-electron chi connectivity index (χ2n) is 6.79. The van der Waals surface area contributed by atoms with Gasteiger partial charge in [0.1, 0.15) is 6.07 Å². The van der Waals surface area contributed by atoms with Crippen molar-refractivity contribution >= 4 is 27.2 Å². The Bertz CT molecular complexity index is 812. The molecule has 0 saturated carbocycles. The van der Waals surface area contributed by atoms with E-state index in [2.05, 4.69) is 11.4 Å². The van der Waals surface area contributed by atoms with Crippen LogP contribution in [0.15, 0.2) is 12.1 Å². The first-order valence-electron chi connectivity index (χ1n) is 8.11. The molecule has 1 saturated heterocycles. The van der Waals surface area contributed by atoms with Gasteiger partial charge in [-0.2, -0.15) is 5.26 Å². The Morgan fingerprint density at radius 3 is 2.68 bits per heavy atom. The predicted octanol–water partition coefficient (Wildman–Crippen LogP) is 1.83. The largest absolute Gasteiger partial charge is 0.377 e. The zero-order chi connectivity index (χ0) is 18.8. The number of carbonyl (C=O) groups excluding carboxylic acids is 1. The second kappa shape index (κ2) is 7.31. The average molecular weight is 364 g/mol. The predicted molar refractivity (Wildman–Crippen MR) is 98.6 cm³/mol. The molecule has 0 spiro atoms. The molecule has 1 unspecified atom stereocenters. The van der Waals surface area contributed by atoms with Gasteiger partial charge in [0, 0.05) is 32.9 Å². The molecular weight excluding hydrogens is 340 g/mol. The van der Waals surface area contributed by atoms with Crippen LogP contribution in [0.1, 0.15) is 18.1 Å². The molecule has 7 nitrogen and oxygen atoms in total. The molecule has 1 N–H and O–H groups in total. The molecule has 1 aliphatic heterocycles. The SMILES string of the molecule is Cc1cc(NC(=O)N2CCS(=O)(=O)CC(C)C2)c(C#N)cc1N(C)C. The maximum atomic E-state index is 12.6. The lowest BCUT2D eigenvalue weighted by Gasteiger charge is -2.23. The Kier molecular flexibility index (Phi) is 5.58. The molecule has 1 aromatic carbocycles. The van der Waals surface area contributed by atoms with Crippen molar-refractivity contribution in [2.24, 2.45) is 5.92 Å². The Morgan fingerprint density at radius 2 is 2.08 bits per heavy atom. The summed E-state index contributed by atoms with van der Waals surface area (Å²) in [4.78, 5) is 16.0. The second-order valence-corrected chi connectivity index (χ2v) is 9.01. The molecular formula is C17H24N4O3S. The molecule has 136 valence electrons.